The molecule has 37 heavy (non-hydrogen) atoms. The van der Waals surface area contributed by atoms with Crippen LogP contribution in [0.25, 0.3) is 33.4 Å². The van der Waals surface area contributed by atoms with Crippen LogP contribution in [-0.2, 0) is 10.0 Å². The van der Waals surface area contributed by atoms with Crippen LogP contribution < -0.4 is 9.62 Å². The zero-order chi connectivity index (χ0) is 25.4. The van der Waals surface area contributed by atoms with E-state index in [2.05, 4.69) is 34.8 Å². The van der Waals surface area contributed by atoms with E-state index >= 15 is 0 Å². The van der Waals surface area contributed by atoms with E-state index in [0.717, 1.165) is 41.1 Å². The monoisotopic (exact) mass is 531 g/mol. The molecule has 5 aromatic rings. The van der Waals surface area contributed by atoms with Crippen LogP contribution in [0.4, 0.5) is 11.5 Å². The lowest BCUT2D eigenvalue weighted by molar-refractivity contribution is 0.601. The maximum atomic E-state index is 12.8. The molecule has 4 aromatic heterocycles. The van der Waals surface area contributed by atoms with Gasteiger partial charge in [0.25, 0.3) is 10.0 Å². The summed E-state index contributed by atoms with van der Waals surface area (Å²) in [5, 5.41) is 8.27. The van der Waals surface area contributed by atoms with Crippen LogP contribution in [0, 0.1) is 0 Å². The average Bonchev–Trinajstić information content (AvgIpc) is 3.61. The van der Waals surface area contributed by atoms with Gasteiger partial charge in [-0.25, -0.2) is 23.4 Å². The van der Waals surface area contributed by atoms with Gasteiger partial charge in [0.15, 0.2) is 10.8 Å². The second-order valence-corrected chi connectivity index (χ2v) is 10.8. The third kappa shape index (κ3) is 4.61. The summed E-state index contributed by atoms with van der Waals surface area (Å²) >= 11 is 6.24. The van der Waals surface area contributed by atoms with Gasteiger partial charge in [0.05, 0.1) is 16.3 Å². The van der Waals surface area contributed by atoms with Gasteiger partial charge in [-0.3, -0.25) is 9.82 Å². The van der Waals surface area contributed by atoms with E-state index in [0.29, 0.717) is 11.2 Å². The Hall–Kier alpha value is -4.02. The van der Waals surface area contributed by atoms with Crippen LogP contribution in [0.1, 0.15) is 12.8 Å². The Morgan fingerprint density at radius 2 is 1.59 bits per heavy atom. The number of hydrogen-bond donors (Lipinski definition) is 2. The molecule has 0 aliphatic carbocycles. The van der Waals surface area contributed by atoms with Crippen LogP contribution >= 0.6 is 11.6 Å². The first kappa shape index (κ1) is 23.4. The third-order valence-electron chi connectivity index (χ3n) is 6.35. The summed E-state index contributed by atoms with van der Waals surface area (Å²) in [5.74, 6) is 0.974. The fourth-order valence-corrected chi connectivity index (χ4v) is 5.71. The number of pyridine rings is 3. The van der Waals surface area contributed by atoms with E-state index in [1.165, 1.54) is 25.0 Å². The van der Waals surface area contributed by atoms with Gasteiger partial charge in [-0.15, -0.1) is 0 Å². The van der Waals surface area contributed by atoms with Crippen molar-refractivity contribution in [3.05, 3.63) is 78.3 Å². The first-order valence-corrected chi connectivity index (χ1v) is 13.6. The zero-order valence-electron chi connectivity index (χ0n) is 19.6. The SMILES string of the molecule is O=S(=O)(Nc1cc(-c2cnc3n[nH]c(-c4ccc(N5CCCC5)nc4)c3c2)cnc1Cl)c1ccccc1. The number of rotatable bonds is 6. The molecule has 1 saturated heterocycles. The molecule has 0 spiro atoms. The second kappa shape index (κ2) is 9.45. The number of nitrogens with one attached hydrogen (secondary N) is 2. The maximum absolute atomic E-state index is 12.8. The van der Waals surface area contributed by atoms with Crippen molar-refractivity contribution in [3.63, 3.8) is 0 Å². The molecular weight excluding hydrogens is 510 g/mol. The fraction of sp³-hybridized carbons (Fsp3) is 0.154. The molecule has 6 rings (SSSR count). The number of fused-ring (bicyclic) bond motifs is 1. The largest absolute Gasteiger partial charge is 0.357 e. The molecule has 0 saturated carbocycles. The van der Waals surface area contributed by atoms with Crippen molar-refractivity contribution in [2.75, 3.05) is 22.7 Å². The summed E-state index contributed by atoms with van der Waals surface area (Å²) < 4.78 is 28.2. The maximum Gasteiger partial charge on any atom is 0.261 e. The summed E-state index contributed by atoms with van der Waals surface area (Å²) in [5.41, 5.74) is 3.83. The molecule has 0 radical (unpaired) electrons. The van der Waals surface area contributed by atoms with Gasteiger partial charge in [-0.2, -0.15) is 5.10 Å². The number of halogens is 1. The van der Waals surface area contributed by atoms with E-state index in [1.807, 2.05) is 24.4 Å². The molecule has 2 N–H and O–H groups in total. The normalized spacial score (nSPS) is 13.8. The molecule has 9 nitrogen and oxygen atoms in total. The average molecular weight is 532 g/mol. The minimum atomic E-state index is -3.83. The van der Waals surface area contributed by atoms with E-state index in [4.69, 9.17) is 11.6 Å². The van der Waals surface area contributed by atoms with Crippen molar-refractivity contribution in [2.24, 2.45) is 0 Å². The summed E-state index contributed by atoms with van der Waals surface area (Å²) in [6.45, 7) is 2.07. The highest BCUT2D eigenvalue weighted by atomic mass is 35.5. The Kier molecular flexibility index (Phi) is 5.97. The Morgan fingerprint density at radius 3 is 2.35 bits per heavy atom. The second-order valence-electron chi connectivity index (χ2n) is 8.77. The van der Waals surface area contributed by atoms with Crippen LogP contribution in [0.5, 0.6) is 0 Å². The van der Waals surface area contributed by atoms with E-state index in [9.17, 15) is 8.42 Å². The Balaban J connectivity index is 1.33. The minimum Gasteiger partial charge on any atom is -0.357 e. The zero-order valence-corrected chi connectivity index (χ0v) is 21.2. The quantitative estimate of drug-likeness (QED) is 0.291. The topological polar surface area (TPSA) is 117 Å². The third-order valence-corrected chi connectivity index (χ3v) is 8.03. The van der Waals surface area contributed by atoms with Gasteiger partial charge in [0, 0.05) is 53.8 Å². The number of aromatic amines is 1. The van der Waals surface area contributed by atoms with Crippen molar-refractivity contribution in [1.29, 1.82) is 0 Å². The predicted molar refractivity (Wildman–Crippen MR) is 144 cm³/mol. The van der Waals surface area contributed by atoms with Crippen LogP contribution in [0.3, 0.4) is 0 Å². The highest BCUT2D eigenvalue weighted by molar-refractivity contribution is 7.92. The molecular formula is C26H22ClN7O2S. The van der Waals surface area contributed by atoms with Crippen molar-refractivity contribution in [1.82, 2.24) is 25.1 Å². The van der Waals surface area contributed by atoms with Crippen molar-refractivity contribution >= 4 is 44.2 Å². The summed E-state index contributed by atoms with van der Waals surface area (Å²) in [6, 6.07) is 15.7. The number of anilines is 2. The van der Waals surface area contributed by atoms with Gasteiger partial charge >= 0.3 is 0 Å². The molecule has 1 aliphatic heterocycles. The highest BCUT2D eigenvalue weighted by Gasteiger charge is 2.18. The van der Waals surface area contributed by atoms with Gasteiger partial charge in [0.2, 0.25) is 0 Å². The first-order valence-electron chi connectivity index (χ1n) is 11.8. The van der Waals surface area contributed by atoms with Gasteiger partial charge < -0.3 is 4.90 Å². The van der Waals surface area contributed by atoms with Crippen LogP contribution in [0.2, 0.25) is 5.15 Å². The number of H-pyrrole nitrogens is 1. The first-order chi connectivity index (χ1) is 18.0. The molecule has 1 fully saturated rings. The standard InChI is InChI=1S/C26H22ClN7O2S/c27-25-22(33-37(35,36)20-6-2-1-3-7-20)13-19(15-29-25)18-12-21-24(31-32-26(21)30-16-18)17-8-9-23(28-14-17)34-10-4-5-11-34/h1-3,6-9,12-16,33H,4-5,10-11H2,(H,30,31,32). The number of hydrogen-bond acceptors (Lipinski definition) is 7. The molecule has 11 heteroatoms. The summed E-state index contributed by atoms with van der Waals surface area (Å²) in [6.07, 6.45) is 7.48. The molecule has 1 aliphatic rings. The Morgan fingerprint density at radius 1 is 0.865 bits per heavy atom. The van der Waals surface area contributed by atoms with Crippen molar-refractivity contribution in [2.45, 2.75) is 17.7 Å². The van der Waals surface area contributed by atoms with Gasteiger partial charge in [-0.1, -0.05) is 29.8 Å². The van der Waals surface area contributed by atoms with Crippen LogP contribution in [-0.4, -0.2) is 46.7 Å². The lowest BCUT2D eigenvalue weighted by Gasteiger charge is -2.16. The minimum absolute atomic E-state index is 0.0467. The van der Waals surface area contributed by atoms with Crippen molar-refractivity contribution < 1.29 is 8.42 Å². The lowest BCUT2D eigenvalue weighted by atomic mass is 10.1. The van der Waals surface area contributed by atoms with E-state index < -0.39 is 10.0 Å². The predicted octanol–water partition coefficient (Wildman–Crippen LogP) is 5.14. The smallest absolute Gasteiger partial charge is 0.261 e. The van der Waals surface area contributed by atoms with Crippen LogP contribution in [0.15, 0.2) is 78.1 Å². The Bertz CT molecular complexity index is 1680. The molecule has 0 unspecified atom stereocenters. The number of sulfonamides is 1. The molecule has 0 amide bonds. The molecule has 1 aromatic carbocycles. The Labute approximate surface area is 218 Å². The van der Waals surface area contributed by atoms with Gasteiger partial charge in [-0.05, 0) is 49.2 Å². The number of benzene rings is 1. The molecule has 0 atom stereocenters. The molecule has 0 bridgehead atoms. The van der Waals surface area contributed by atoms with Gasteiger partial charge in [0.1, 0.15) is 5.82 Å². The summed E-state index contributed by atoms with van der Waals surface area (Å²) in [7, 11) is -3.83. The lowest BCUT2D eigenvalue weighted by Crippen LogP contribution is -2.18. The molecule has 5 heterocycles. The fourth-order valence-electron chi connectivity index (χ4n) is 4.43. The summed E-state index contributed by atoms with van der Waals surface area (Å²) in [4.78, 5) is 15.8. The van der Waals surface area contributed by atoms with E-state index in [1.54, 1.807) is 36.7 Å². The van der Waals surface area contributed by atoms with Crippen molar-refractivity contribution in [3.8, 4) is 22.4 Å². The number of aromatic nitrogens is 5. The highest BCUT2D eigenvalue weighted by Crippen LogP contribution is 2.32. The number of nitrogens with zero attached hydrogens (tertiary/aromatic N) is 5. The van der Waals surface area contributed by atoms with E-state index in [-0.39, 0.29) is 15.7 Å². The molecule has 186 valence electrons.